The van der Waals surface area contributed by atoms with Crippen molar-refractivity contribution in [1.82, 2.24) is 20.7 Å². The van der Waals surface area contributed by atoms with E-state index in [2.05, 4.69) is 20.7 Å². The van der Waals surface area contributed by atoms with Crippen molar-refractivity contribution in [3.63, 3.8) is 0 Å². The lowest BCUT2D eigenvalue weighted by atomic mass is 9.94. The molecule has 1 amide bonds. The fraction of sp³-hybridized carbons (Fsp3) is 0.438. The third-order valence-electron chi connectivity index (χ3n) is 4.69. The first-order chi connectivity index (χ1) is 11.1. The summed E-state index contributed by atoms with van der Waals surface area (Å²) in [6.45, 7) is 0.195. The highest BCUT2D eigenvalue weighted by Crippen LogP contribution is 2.49. The normalized spacial score (nSPS) is 18.7. The van der Waals surface area contributed by atoms with Crippen LogP contribution in [0, 0.1) is 11.6 Å². The topological polar surface area (TPSA) is 70.7 Å². The zero-order valence-electron chi connectivity index (χ0n) is 12.4. The highest BCUT2D eigenvalue weighted by Gasteiger charge is 2.48. The van der Waals surface area contributed by atoms with E-state index < -0.39 is 17.0 Å². The molecule has 0 unspecified atom stereocenters. The van der Waals surface area contributed by atoms with Crippen LogP contribution in [-0.4, -0.2) is 27.9 Å². The molecule has 2 aliphatic carbocycles. The Morgan fingerprint density at radius 2 is 1.96 bits per heavy atom. The van der Waals surface area contributed by atoms with Gasteiger partial charge in [0.1, 0.15) is 11.6 Å². The summed E-state index contributed by atoms with van der Waals surface area (Å²) in [4.78, 5) is 12.3. The number of rotatable bonds is 5. The van der Waals surface area contributed by atoms with Crippen LogP contribution >= 0.6 is 0 Å². The molecule has 0 bridgehead atoms. The highest BCUT2D eigenvalue weighted by atomic mass is 19.1. The summed E-state index contributed by atoms with van der Waals surface area (Å²) in [5, 5.41) is 13.2. The van der Waals surface area contributed by atoms with Gasteiger partial charge < -0.3 is 5.32 Å². The summed E-state index contributed by atoms with van der Waals surface area (Å²) >= 11 is 0. The molecule has 1 heterocycles. The smallest absolute Gasteiger partial charge is 0.273 e. The van der Waals surface area contributed by atoms with Crippen molar-refractivity contribution < 1.29 is 13.6 Å². The number of amides is 1. The second-order valence-electron chi connectivity index (χ2n) is 6.39. The van der Waals surface area contributed by atoms with Crippen molar-refractivity contribution >= 4 is 5.91 Å². The van der Waals surface area contributed by atoms with Crippen LogP contribution in [0.15, 0.2) is 18.2 Å². The molecule has 0 atom stereocenters. The molecule has 2 N–H and O–H groups in total. The van der Waals surface area contributed by atoms with E-state index in [4.69, 9.17) is 0 Å². The third-order valence-corrected chi connectivity index (χ3v) is 4.69. The van der Waals surface area contributed by atoms with Gasteiger partial charge in [0.05, 0.1) is 5.69 Å². The Bertz CT molecular complexity index is 745. The van der Waals surface area contributed by atoms with E-state index in [0.29, 0.717) is 24.5 Å². The van der Waals surface area contributed by atoms with Crippen LogP contribution in [0.3, 0.4) is 0 Å². The number of aromatic amines is 1. The number of carbonyl (C=O) groups excluding carboxylic acids is 1. The van der Waals surface area contributed by atoms with E-state index >= 15 is 0 Å². The molecule has 0 saturated heterocycles. The van der Waals surface area contributed by atoms with Crippen LogP contribution in [0.1, 0.15) is 53.3 Å². The predicted molar refractivity (Wildman–Crippen MR) is 78.0 cm³/mol. The van der Waals surface area contributed by atoms with E-state index in [1.165, 1.54) is 18.2 Å². The second-order valence-corrected chi connectivity index (χ2v) is 6.39. The minimum absolute atomic E-state index is 0.0721. The summed E-state index contributed by atoms with van der Waals surface area (Å²) in [7, 11) is 0. The third kappa shape index (κ3) is 2.50. The monoisotopic (exact) mass is 318 g/mol. The molecule has 23 heavy (non-hydrogen) atoms. The Hall–Kier alpha value is -2.31. The van der Waals surface area contributed by atoms with Crippen molar-refractivity contribution in [3.05, 3.63) is 46.8 Å². The molecule has 1 aromatic carbocycles. The molecule has 0 spiro atoms. The summed E-state index contributed by atoms with van der Waals surface area (Å²) < 4.78 is 28.0. The lowest BCUT2D eigenvalue weighted by Crippen LogP contribution is -2.34. The van der Waals surface area contributed by atoms with Crippen LogP contribution < -0.4 is 5.32 Å². The zero-order valence-corrected chi connectivity index (χ0v) is 12.4. The molecule has 0 radical (unpaired) electrons. The van der Waals surface area contributed by atoms with E-state index in [0.717, 1.165) is 12.8 Å². The number of nitrogens with one attached hydrogen (secondary N) is 2. The molecule has 2 aliphatic rings. The van der Waals surface area contributed by atoms with Gasteiger partial charge in [0.25, 0.3) is 5.91 Å². The first-order valence-electron chi connectivity index (χ1n) is 7.74. The van der Waals surface area contributed by atoms with Crippen LogP contribution in [0.2, 0.25) is 0 Å². The minimum Gasteiger partial charge on any atom is -0.350 e. The Kier molecular flexibility index (Phi) is 3.18. The number of nitrogens with zero attached hydrogens (tertiary/aromatic N) is 2. The van der Waals surface area contributed by atoms with E-state index in [1.54, 1.807) is 0 Å². The van der Waals surface area contributed by atoms with Gasteiger partial charge >= 0.3 is 0 Å². The maximum absolute atomic E-state index is 14.0. The number of carbonyl (C=O) groups is 1. The average molecular weight is 318 g/mol. The van der Waals surface area contributed by atoms with Gasteiger partial charge in [-0.05, 0) is 37.8 Å². The van der Waals surface area contributed by atoms with Gasteiger partial charge in [0, 0.05) is 23.4 Å². The first-order valence-corrected chi connectivity index (χ1v) is 7.74. The van der Waals surface area contributed by atoms with Crippen LogP contribution in [0.4, 0.5) is 8.78 Å². The minimum atomic E-state index is -0.644. The Balaban J connectivity index is 1.50. The predicted octanol–water partition coefficient (Wildman–Crippen LogP) is 2.42. The van der Waals surface area contributed by atoms with Gasteiger partial charge in [-0.25, -0.2) is 8.78 Å². The molecular formula is C16H16F2N4O. The summed E-state index contributed by atoms with van der Waals surface area (Å²) in [6, 6.07) is 3.85. The zero-order chi connectivity index (χ0) is 16.0. The van der Waals surface area contributed by atoms with Gasteiger partial charge in [-0.3, -0.25) is 4.79 Å². The summed E-state index contributed by atoms with van der Waals surface area (Å²) in [6.07, 6.45) is 3.33. The van der Waals surface area contributed by atoms with Gasteiger partial charge in [-0.2, -0.15) is 15.4 Å². The SMILES string of the molecule is O=C(NCC1(c2c(F)cccc2F)CC1)c1n[nH]nc1C1CC1. The maximum atomic E-state index is 14.0. The molecule has 120 valence electrons. The molecule has 2 aromatic rings. The van der Waals surface area contributed by atoms with Crippen LogP contribution in [0.25, 0.3) is 0 Å². The first kappa shape index (κ1) is 14.3. The van der Waals surface area contributed by atoms with Crippen molar-refractivity contribution in [3.8, 4) is 0 Å². The number of halogens is 2. The standard InChI is InChI=1S/C16H16F2N4O/c17-10-2-1-3-11(18)12(10)16(6-7-16)8-19-15(23)14-13(9-4-5-9)20-22-21-14/h1-3,9H,4-8H2,(H,19,23)(H,20,21,22). The molecule has 5 nitrogen and oxygen atoms in total. The number of hydrogen-bond acceptors (Lipinski definition) is 3. The molecule has 2 saturated carbocycles. The van der Waals surface area contributed by atoms with Crippen molar-refractivity contribution in [2.24, 2.45) is 0 Å². The number of benzene rings is 1. The molecule has 2 fully saturated rings. The number of aromatic nitrogens is 3. The quantitative estimate of drug-likeness (QED) is 0.889. The van der Waals surface area contributed by atoms with E-state index in [9.17, 15) is 13.6 Å². The van der Waals surface area contributed by atoms with E-state index in [1.807, 2.05) is 0 Å². The van der Waals surface area contributed by atoms with Gasteiger partial charge in [0.2, 0.25) is 0 Å². The molecular weight excluding hydrogens is 302 g/mol. The maximum Gasteiger partial charge on any atom is 0.273 e. The van der Waals surface area contributed by atoms with Crippen molar-refractivity contribution in [2.75, 3.05) is 6.54 Å². The fourth-order valence-electron chi connectivity index (χ4n) is 3.05. The van der Waals surface area contributed by atoms with Crippen molar-refractivity contribution in [1.29, 1.82) is 0 Å². The number of H-pyrrole nitrogens is 1. The molecule has 4 rings (SSSR count). The fourth-order valence-corrected chi connectivity index (χ4v) is 3.05. The lowest BCUT2D eigenvalue weighted by Gasteiger charge is -2.17. The summed E-state index contributed by atoms with van der Waals surface area (Å²) in [5.41, 5.74) is 0.402. The van der Waals surface area contributed by atoms with Gasteiger partial charge in [-0.1, -0.05) is 6.07 Å². The molecule has 7 heteroatoms. The van der Waals surface area contributed by atoms with Crippen LogP contribution in [0.5, 0.6) is 0 Å². The molecule has 1 aromatic heterocycles. The van der Waals surface area contributed by atoms with Gasteiger partial charge in [0.15, 0.2) is 5.69 Å². The van der Waals surface area contributed by atoms with Gasteiger partial charge in [-0.15, -0.1) is 0 Å². The number of hydrogen-bond donors (Lipinski definition) is 2. The lowest BCUT2D eigenvalue weighted by molar-refractivity contribution is 0.0943. The second kappa shape index (κ2) is 5.11. The molecule has 0 aliphatic heterocycles. The summed E-state index contributed by atoms with van der Waals surface area (Å²) in [5.74, 6) is -1.16. The Labute approximate surface area is 131 Å². The van der Waals surface area contributed by atoms with Crippen molar-refractivity contribution in [2.45, 2.75) is 37.0 Å². The Morgan fingerprint density at radius 3 is 2.57 bits per heavy atom. The van der Waals surface area contributed by atoms with E-state index in [-0.39, 0.29) is 23.7 Å². The highest BCUT2D eigenvalue weighted by molar-refractivity contribution is 5.93. The van der Waals surface area contributed by atoms with Crippen LogP contribution in [-0.2, 0) is 5.41 Å². The largest absolute Gasteiger partial charge is 0.350 e. The Morgan fingerprint density at radius 1 is 1.26 bits per heavy atom. The average Bonchev–Trinajstić information content (AvgIpc) is 3.45.